The molecule has 1 aromatic heterocycles. The Bertz CT molecular complexity index is 990. The first-order chi connectivity index (χ1) is 14.2. The number of amides is 1. The molecule has 0 saturated heterocycles. The average molecular weight is 386 g/mol. The lowest BCUT2D eigenvalue weighted by Gasteiger charge is -2.14. The van der Waals surface area contributed by atoms with Gasteiger partial charge in [-0.2, -0.15) is 5.10 Å². The number of fused-ring (bicyclic) bond motifs is 1. The molecule has 0 saturated carbocycles. The van der Waals surface area contributed by atoms with E-state index in [1.54, 1.807) is 6.08 Å². The molecule has 4 heteroatoms. The van der Waals surface area contributed by atoms with Gasteiger partial charge in [0.2, 0.25) is 5.91 Å². The predicted octanol–water partition coefficient (Wildman–Crippen LogP) is 4.70. The van der Waals surface area contributed by atoms with E-state index in [2.05, 4.69) is 34.3 Å². The zero-order valence-electron chi connectivity index (χ0n) is 16.8. The molecule has 0 fully saturated rings. The van der Waals surface area contributed by atoms with Crippen molar-refractivity contribution in [1.29, 1.82) is 0 Å². The van der Waals surface area contributed by atoms with Crippen LogP contribution in [0.3, 0.4) is 0 Å². The van der Waals surface area contributed by atoms with Crippen molar-refractivity contribution < 1.29 is 4.79 Å². The molecular weight excluding hydrogens is 358 g/mol. The van der Waals surface area contributed by atoms with Crippen molar-refractivity contribution >= 4 is 12.0 Å². The van der Waals surface area contributed by atoms with E-state index in [1.165, 1.54) is 29.7 Å². The Morgan fingerprint density at radius 2 is 1.76 bits per heavy atom. The maximum atomic E-state index is 12.4. The number of carbonyl (C=O) groups excluding carboxylic acids is 1. The molecule has 0 bridgehead atoms. The maximum absolute atomic E-state index is 12.4. The van der Waals surface area contributed by atoms with Crippen LogP contribution in [0.2, 0.25) is 0 Å². The number of rotatable bonds is 6. The van der Waals surface area contributed by atoms with Gasteiger partial charge >= 0.3 is 0 Å². The Kier molecular flexibility index (Phi) is 5.89. The third kappa shape index (κ3) is 4.65. The summed E-state index contributed by atoms with van der Waals surface area (Å²) in [6.07, 6.45) is 7.96. The molecular formula is C25H27N3O. The van der Waals surface area contributed by atoms with Crippen LogP contribution in [0.4, 0.5) is 0 Å². The van der Waals surface area contributed by atoms with Crippen LogP contribution in [-0.2, 0) is 24.2 Å². The van der Waals surface area contributed by atoms with Gasteiger partial charge in [0.05, 0.1) is 18.3 Å². The Morgan fingerprint density at radius 3 is 2.52 bits per heavy atom. The molecule has 1 atom stereocenters. The van der Waals surface area contributed by atoms with Crippen molar-refractivity contribution in [3.63, 3.8) is 0 Å². The van der Waals surface area contributed by atoms with Crippen LogP contribution in [0.25, 0.3) is 6.08 Å². The van der Waals surface area contributed by atoms with Gasteiger partial charge in [-0.05, 0) is 49.8 Å². The van der Waals surface area contributed by atoms with E-state index in [-0.39, 0.29) is 11.9 Å². The molecule has 0 radical (unpaired) electrons. The topological polar surface area (TPSA) is 46.9 Å². The number of aromatic nitrogens is 2. The van der Waals surface area contributed by atoms with Crippen molar-refractivity contribution in [2.24, 2.45) is 0 Å². The van der Waals surface area contributed by atoms with Gasteiger partial charge in [-0.25, -0.2) is 0 Å². The Balaban J connectivity index is 1.50. The molecule has 2 aromatic carbocycles. The standard InChI is InChI=1S/C25H27N3O/c1-19(21-12-6-3-7-13-21)26-25(29)17-16-23-22-14-8-9-15-24(22)28(27-23)18-20-10-4-2-5-11-20/h2-7,10-13,16-17,19H,8-9,14-15,18H2,1H3,(H,26,29)/b17-16+/t19-/m0/s1. The first-order valence-electron chi connectivity index (χ1n) is 10.4. The molecule has 0 unspecified atom stereocenters. The van der Waals surface area contributed by atoms with Gasteiger partial charge in [-0.15, -0.1) is 0 Å². The number of carbonyl (C=O) groups is 1. The van der Waals surface area contributed by atoms with Gasteiger partial charge in [0.15, 0.2) is 0 Å². The minimum atomic E-state index is -0.0940. The minimum Gasteiger partial charge on any atom is -0.346 e. The van der Waals surface area contributed by atoms with Gasteiger partial charge in [0.25, 0.3) is 0 Å². The highest BCUT2D eigenvalue weighted by atomic mass is 16.1. The van der Waals surface area contributed by atoms with Crippen molar-refractivity contribution in [1.82, 2.24) is 15.1 Å². The zero-order chi connectivity index (χ0) is 20.1. The van der Waals surface area contributed by atoms with Crippen LogP contribution in [-0.4, -0.2) is 15.7 Å². The van der Waals surface area contributed by atoms with Crippen molar-refractivity contribution in [2.75, 3.05) is 0 Å². The molecule has 0 spiro atoms. The summed E-state index contributed by atoms with van der Waals surface area (Å²) in [7, 11) is 0. The van der Waals surface area contributed by atoms with Crippen LogP contribution in [0.15, 0.2) is 66.7 Å². The lowest BCUT2D eigenvalue weighted by atomic mass is 9.95. The number of hydrogen-bond donors (Lipinski definition) is 1. The van der Waals surface area contributed by atoms with E-state index in [0.29, 0.717) is 0 Å². The number of hydrogen-bond acceptors (Lipinski definition) is 2. The highest BCUT2D eigenvalue weighted by Gasteiger charge is 2.19. The SMILES string of the molecule is C[C@H](NC(=O)/C=C/c1nn(Cc2ccccc2)c2c1CCCC2)c1ccccc1. The second-order valence-corrected chi connectivity index (χ2v) is 7.64. The van der Waals surface area contributed by atoms with Crippen molar-refractivity contribution in [3.05, 3.63) is 94.8 Å². The molecule has 0 aliphatic heterocycles. The third-order valence-electron chi connectivity index (χ3n) is 5.51. The van der Waals surface area contributed by atoms with Crippen LogP contribution < -0.4 is 5.32 Å². The summed E-state index contributed by atoms with van der Waals surface area (Å²) in [4.78, 5) is 12.4. The fourth-order valence-corrected chi connectivity index (χ4v) is 3.96. The van der Waals surface area contributed by atoms with Crippen LogP contribution in [0, 0.1) is 0 Å². The average Bonchev–Trinajstić information content (AvgIpc) is 3.11. The molecule has 1 N–H and O–H groups in total. The second kappa shape index (κ2) is 8.91. The van der Waals surface area contributed by atoms with E-state index >= 15 is 0 Å². The largest absolute Gasteiger partial charge is 0.346 e. The van der Waals surface area contributed by atoms with Crippen LogP contribution in [0.5, 0.6) is 0 Å². The second-order valence-electron chi connectivity index (χ2n) is 7.64. The number of nitrogens with zero attached hydrogens (tertiary/aromatic N) is 2. The highest BCUT2D eigenvalue weighted by Crippen LogP contribution is 2.26. The van der Waals surface area contributed by atoms with Crippen LogP contribution in [0.1, 0.15) is 53.9 Å². The van der Waals surface area contributed by atoms with Gasteiger partial charge in [-0.1, -0.05) is 60.7 Å². The monoisotopic (exact) mass is 385 g/mol. The van der Waals surface area contributed by atoms with E-state index in [0.717, 1.165) is 30.6 Å². The molecule has 1 aliphatic rings. The summed E-state index contributed by atoms with van der Waals surface area (Å²) in [5.41, 5.74) is 5.88. The quantitative estimate of drug-likeness (QED) is 0.625. The molecule has 1 amide bonds. The third-order valence-corrected chi connectivity index (χ3v) is 5.51. The highest BCUT2D eigenvalue weighted by molar-refractivity contribution is 5.91. The smallest absolute Gasteiger partial charge is 0.244 e. The van der Waals surface area contributed by atoms with Gasteiger partial charge in [0.1, 0.15) is 0 Å². The predicted molar refractivity (Wildman–Crippen MR) is 116 cm³/mol. The molecule has 4 nitrogen and oxygen atoms in total. The summed E-state index contributed by atoms with van der Waals surface area (Å²) in [5, 5.41) is 7.88. The molecule has 1 heterocycles. The first kappa shape index (κ1) is 19.2. The normalized spacial score (nSPS) is 14.5. The van der Waals surface area contributed by atoms with E-state index < -0.39 is 0 Å². The fourth-order valence-electron chi connectivity index (χ4n) is 3.96. The summed E-state index contributed by atoms with van der Waals surface area (Å²) >= 11 is 0. The lowest BCUT2D eigenvalue weighted by molar-refractivity contribution is -0.117. The van der Waals surface area contributed by atoms with E-state index in [9.17, 15) is 4.79 Å². The summed E-state index contributed by atoms with van der Waals surface area (Å²) < 4.78 is 2.12. The molecule has 1 aliphatic carbocycles. The van der Waals surface area contributed by atoms with Crippen molar-refractivity contribution in [2.45, 2.75) is 45.2 Å². The van der Waals surface area contributed by atoms with E-state index in [1.807, 2.05) is 49.4 Å². The van der Waals surface area contributed by atoms with E-state index in [4.69, 9.17) is 5.10 Å². The van der Waals surface area contributed by atoms with Gasteiger partial charge in [0, 0.05) is 17.3 Å². The summed E-state index contributed by atoms with van der Waals surface area (Å²) in [6.45, 7) is 2.77. The number of benzene rings is 2. The maximum Gasteiger partial charge on any atom is 0.244 e. The Hall–Kier alpha value is -3.14. The van der Waals surface area contributed by atoms with Gasteiger partial charge < -0.3 is 5.32 Å². The molecule has 29 heavy (non-hydrogen) atoms. The zero-order valence-corrected chi connectivity index (χ0v) is 16.8. The molecule has 148 valence electrons. The lowest BCUT2D eigenvalue weighted by Crippen LogP contribution is -2.24. The molecule has 4 rings (SSSR count). The van der Waals surface area contributed by atoms with Crippen molar-refractivity contribution in [3.8, 4) is 0 Å². The molecule has 3 aromatic rings. The number of nitrogens with one attached hydrogen (secondary N) is 1. The van der Waals surface area contributed by atoms with Crippen LogP contribution >= 0.6 is 0 Å². The van der Waals surface area contributed by atoms with Gasteiger partial charge in [-0.3, -0.25) is 9.48 Å². The fraction of sp³-hybridized carbons (Fsp3) is 0.280. The Morgan fingerprint density at radius 1 is 1.07 bits per heavy atom. The summed E-state index contributed by atoms with van der Waals surface area (Å²) in [6, 6.07) is 20.4. The first-order valence-corrected chi connectivity index (χ1v) is 10.4. The minimum absolute atomic E-state index is 0.0297. The Labute approximate surface area is 172 Å². The summed E-state index contributed by atoms with van der Waals surface area (Å²) in [5.74, 6) is -0.0940.